The van der Waals surface area contributed by atoms with Gasteiger partial charge in [-0.2, -0.15) is 26.3 Å². The first kappa shape index (κ1) is 23.9. The van der Waals surface area contributed by atoms with Gasteiger partial charge in [-0.25, -0.2) is 17.2 Å². The van der Waals surface area contributed by atoms with Crippen LogP contribution in [0.5, 0.6) is 0 Å². The zero-order valence-electron chi connectivity index (χ0n) is 16.7. The summed E-state index contributed by atoms with van der Waals surface area (Å²) < 4.78 is 133. The van der Waals surface area contributed by atoms with E-state index in [0.29, 0.717) is 12.1 Å². The number of benzene rings is 2. The monoisotopic (exact) mass is 499 g/mol. The van der Waals surface area contributed by atoms with Gasteiger partial charge in [0.25, 0.3) is 0 Å². The molecule has 2 aliphatic rings. The number of alkyl halides is 7. The molecule has 1 heterocycles. The Balaban J connectivity index is 1.92. The zero-order valence-corrected chi connectivity index (χ0v) is 17.5. The van der Waals surface area contributed by atoms with Crippen molar-refractivity contribution in [2.24, 2.45) is 0 Å². The summed E-state index contributed by atoms with van der Waals surface area (Å²) in [5.74, 6) is -0.681. The van der Waals surface area contributed by atoms with Crippen LogP contribution >= 0.6 is 0 Å². The predicted molar refractivity (Wildman–Crippen MR) is 101 cm³/mol. The standard InChI is InChI=1S/C21H17F8NO2S/c22-14-3-5-15(6-4-14)33(31,32)18-9-10-30-17(18)8-1-12-11-13(2-7-16(12)18)19(23,20(24,25)26)21(27,28)29/h2-7,11,17,30H,1,8-10H2/t17-,18-/m1/s1. The summed E-state index contributed by atoms with van der Waals surface area (Å²) in [6.45, 7) is 0.227. The summed E-state index contributed by atoms with van der Waals surface area (Å²) >= 11 is 0. The number of fused-ring (bicyclic) bond motifs is 3. The largest absolute Gasteiger partial charge is 0.435 e. The van der Waals surface area contributed by atoms with Crippen molar-refractivity contribution in [3.63, 3.8) is 0 Å². The number of rotatable bonds is 3. The summed E-state index contributed by atoms with van der Waals surface area (Å²) in [6.07, 6.45) is -12.5. The van der Waals surface area contributed by atoms with Crippen LogP contribution in [0, 0.1) is 5.82 Å². The second-order valence-corrected chi connectivity index (χ2v) is 10.4. The third-order valence-corrected chi connectivity index (χ3v) is 9.06. The first-order chi connectivity index (χ1) is 15.2. The molecule has 4 rings (SSSR count). The molecule has 12 heteroatoms. The van der Waals surface area contributed by atoms with E-state index in [9.17, 15) is 43.5 Å². The second kappa shape index (κ2) is 7.39. The summed E-state index contributed by atoms with van der Waals surface area (Å²) in [6, 6.07) is 4.97. The summed E-state index contributed by atoms with van der Waals surface area (Å²) in [7, 11) is -4.26. The number of aryl methyl sites for hydroxylation is 1. The van der Waals surface area contributed by atoms with Crippen molar-refractivity contribution in [1.29, 1.82) is 0 Å². The summed E-state index contributed by atoms with van der Waals surface area (Å²) in [4.78, 5) is -0.236. The third kappa shape index (κ3) is 3.28. The molecule has 0 amide bonds. The maximum atomic E-state index is 14.6. The molecule has 2 aromatic rings. The van der Waals surface area contributed by atoms with Crippen molar-refractivity contribution in [3.05, 3.63) is 65.0 Å². The lowest BCUT2D eigenvalue weighted by molar-refractivity contribution is -0.348. The Hall–Kier alpha value is -2.21. The number of halogens is 8. The van der Waals surface area contributed by atoms with Crippen LogP contribution in [-0.4, -0.2) is 33.4 Å². The van der Waals surface area contributed by atoms with Gasteiger partial charge < -0.3 is 5.32 Å². The maximum absolute atomic E-state index is 14.6. The van der Waals surface area contributed by atoms with E-state index in [1.807, 2.05) is 0 Å². The molecule has 0 spiro atoms. The number of nitrogens with one attached hydrogen (secondary N) is 1. The summed E-state index contributed by atoms with van der Waals surface area (Å²) in [5.41, 5.74) is -7.35. The van der Waals surface area contributed by atoms with Gasteiger partial charge in [0.1, 0.15) is 10.6 Å². The van der Waals surface area contributed by atoms with Crippen molar-refractivity contribution in [2.75, 3.05) is 6.54 Å². The van der Waals surface area contributed by atoms with E-state index in [1.165, 1.54) is 0 Å². The predicted octanol–water partition coefficient (Wildman–Crippen LogP) is 5.09. The van der Waals surface area contributed by atoms with Crippen molar-refractivity contribution < 1.29 is 43.5 Å². The molecular weight excluding hydrogens is 482 g/mol. The maximum Gasteiger partial charge on any atom is 0.435 e. The Kier molecular flexibility index (Phi) is 5.36. The van der Waals surface area contributed by atoms with Gasteiger partial charge in [-0.3, -0.25) is 0 Å². The molecule has 180 valence electrons. The molecule has 0 unspecified atom stereocenters. The van der Waals surface area contributed by atoms with Gasteiger partial charge in [0.15, 0.2) is 9.84 Å². The van der Waals surface area contributed by atoms with Crippen LogP contribution in [0.3, 0.4) is 0 Å². The van der Waals surface area contributed by atoms with Gasteiger partial charge in [-0.1, -0.05) is 18.2 Å². The van der Waals surface area contributed by atoms with Crippen LogP contribution < -0.4 is 5.32 Å². The second-order valence-electron chi connectivity index (χ2n) is 8.17. The van der Waals surface area contributed by atoms with Crippen molar-refractivity contribution >= 4 is 9.84 Å². The Morgan fingerprint density at radius 2 is 1.52 bits per heavy atom. The molecule has 1 fully saturated rings. The minimum atomic E-state index is -6.27. The number of hydrogen-bond donors (Lipinski definition) is 1. The Morgan fingerprint density at radius 3 is 2.09 bits per heavy atom. The fourth-order valence-electron chi connectivity index (χ4n) is 4.93. The molecule has 0 radical (unpaired) electrons. The molecule has 0 saturated carbocycles. The highest BCUT2D eigenvalue weighted by atomic mass is 32.2. The first-order valence-electron chi connectivity index (χ1n) is 9.86. The normalized spacial score (nSPS) is 23.8. The molecule has 0 bridgehead atoms. The Labute approximate surface area is 183 Å². The molecule has 33 heavy (non-hydrogen) atoms. The Bertz CT molecular complexity index is 1160. The molecule has 0 aromatic heterocycles. The van der Waals surface area contributed by atoms with Gasteiger partial charge >= 0.3 is 18.0 Å². The van der Waals surface area contributed by atoms with Gasteiger partial charge in [-0.05, 0) is 61.2 Å². The lowest BCUT2D eigenvalue weighted by Crippen LogP contribution is -2.51. The SMILES string of the molecule is O=S(=O)(c1ccc(F)cc1)[C@@]12CCN[C@@H]1CCc1cc(C(F)(C(F)(F)F)C(F)(F)F)ccc12. The van der Waals surface area contributed by atoms with Crippen LogP contribution in [0.15, 0.2) is 47.4 Å². The highest BCUT2D eigenvalue weighted by molar-refractivity contribution is 7.92. The summed E-state index contributed by atoms with van der Waals surface area (Å²) in [5, 5.41) is 3.03. The molecule has 3 nitrogen and oxygen atoms in total. The molecular formula is C21H17F8NO2S. The van der Waals surface area contributed by atoms with Crippen LogP contribution in [-0.2, 0) is 26.7 Å². The van der Waals surface area contributed by atoms with E-state index in [-0.39, 0.29) is 41.8 Å². The molecule has 2 atom stereocenters. The minimum Gasteiger partial charge on any atom is -0.312 e. The van der Waals surface area contributed by atoms with Crippen LogP contribution in [0.2, 0.25) is 0 Å². The average Bonchev–Trinajstić information content (AvgIpc) is 3.17. The number of hydrogen-bond acceptors (Lipinski definition) is 3. The zero-order chi connectivity index (χ0) is 24.4. The topological polar surface area (TPSA) is 46.2 Å². The minimum absolute atomic E-state index is 0.0109. The smallest absolute Gasteiger partial charge is 0.312 e. The van der Waals surface area contributed by atoms with Crippen LogP contribution in [0.4, 0.5) is 35.1 Å². The van der Waals surface area contributed by atoms with E-state index < -0.39 is 50.0 Å². The van der Waals surface area contributed by atoms with Gasteiger partial charge in [0, 0.05) is 11.6 Å². The van der Waals surface area contributed by atoms with Crippen molar-refractivity contribution in [2.45, 2.75) is 53.0 Å². The quantitative estimate of drug-likeness (QED) is 0.473. The average molecular weight is 499 g/mol. The lowest BCUT2D eigenvalue weighted by Gasteiger charge is -2.41. The van der Waals surface area contributed by atoms with Gasteiger partial charge in [0.2, 0.25) is 0 Å². The fourth-order valence-corrected chi connectivity index (χ4v) is 7.28. The van der Waals surface area contributed by atoms with Crippen molar-refractivity contribution in [1.82, 2.24) is 5.32 Å². The first-order valence-corrected chi connectivity index (χ1v) is 11.3. The van der Waals surface area contributed by atoms with Gasteiger partial charge in [0.05, 0.1) is 4.90 Å². The molecule has 1 aliphatic carbocycles. The molecule has 2 aromatic carbocycles. The van der Waals surface area contributed by atoms with E-state index in [4.69, 9.17) is 0 Å². The third-order valence-electron chi connectivity index (χ3n) is 6.50. The highest BCUT2D eigenvalue weighted by Gasteiger charge is 2.73. The molecule has 1 aliphatic heterocycles. The lowest BCUT2D eigenvalue weighted by atomic mass is 9.77. The van der Waals surface area contributed by atoms with Gasteiger partial charge in [-0.15, -0.1) is 0 Å². The number of sulfone groups is 1. The molecule has 1 N–H and O–H groups in total. The van der Waals surface area contributed by atoms with Crippen LogP contribution in [0.1, 0.15) is 29.5 Å². The van der Waals surface area contributed by atoms with E-state index in [0.717, 1.165) is 30.3 Å². The molecule has 1 saturated heterocycles. The van der Waals surface area contributed by atoms with E-state index in [2.05, 4.69) is 5.32 Å². The van der Waals surface area contributed by atoms with Crippen molar-refractivity contribution in [3.8, 4) is 0 Å². The fraction of sp³-hybridized carbons (Fsp3) is 0.429. The Morgan fingerprint density at radius 1 is 0.909 bits per heavy atom. The van der Waals surface area contributed by atoms with E-state index in [1.54, 1.807) is 0 Å². The van der Waals surface area contributed by atoms with Crippen LogP contribution in [0.25, 0.3) is 0 Å². The van der Waals surface area contributed by atoms with E-state index >= 15 is 0 Å². The highest BCUT2D eigenvalue weighted by Crippen LogP contribution is 2.55.